The minimum Gasteiger partial charge on any atom is -0.388 e. The van der Waals surface area contributed by atoms with Gasteiger partial charge in [-0.05, 0) is 39.8 Å². The van der Waals surface area contributed by atoms with Crippen LogP contribution >= 0.6 is 0 Å². The molecule has 0 aromatic carbocycles. The number of rotatable bonds is 4. The zero-order valence-corrected chi connectivity index (χ0v) is 10.6. The Bertz CT molecular complexity index is 422. The monoisotopic (exact) mass is 237 g/mol. The highest BCUT2D eigenvalue weighted by Crippen LogP contribution is 2.25. The predicted octanol–water partition coefficient (Wildman–Crippen LogP) is 1.14. The largest absolute Gasteiger partial charge is 0.388 e. The quantitative estimate of drug-likeness (QED) is 0.732. The number of pyridine rings is 1. The van der Waals surface area contributed by atoms with Crippen molar-refractivity contribution < 1.29 is 9.90 Å². The topological polar surface area (TPSA) is 88.2 Å². The summed E-state index contributed by atoms with van der Waals surface area (Å²) in [6, 6.07) is 3.29. The molecule has 0 fully saturated rings. The normalized spacial score (nSPS) is 12.3. The number of nitrogens with zero attached hydrogens (tertiary/aromatic N) is 1. The Morgan fingerprint density at radius 1 is 1.41 bits per heavy atom. The molecule has 0 saturated carbocycles. The molecule has 1 rings (SSSR count). The third kappa shape index (κ3) is 3.17. The minimum absolute atomic E-state index is 0.196. The zero-order chi connectivity index (χ0) is 13.3. The van der Waals surface area contributed by atoms with Crippen LogP contribution in [0.2, 0.25) is 0 Å². The number of hydrogen-bond acceptors (Lipinski definition) is 4. The first-order valence-corrected chi connectivity index (χ1v) is 5.40. The van der Waals surface area contributed by atoms with E-state index in [4.69, 9.17) is 5.73 Å². The average Bonchev–Trinajstić information content (AvgIpc) is 2.15. The fourth-order valence-corrected chi connectivity index (χ4v) is 1.16. The molecule has 94 valence electrons. The lowest BCUT2D eigenvalue weighted by molar-refractivity contribution is 0.0240. The number of aliphatic hydroxyl groups is 1. The second-order valence-electron chi connectivity index (χ2n) is 5.10. The van der Waals surface area contributed by atoms with Gasteiger partial charge in [-0.15, -0.1) is 0 Å². The van der Waals surface area contributed by atoms with E-state index in [1.54, 1.807) is 26.0 Å². The molecule has 0 spiro atoms. The molecule has 0 aliphatic carbocycles. The van der Waals surface area contributed by atoms with Crippen LogP contribution in [0.15, 0.2) is 18.3 Å². The van der Waals surface area contributed by atoms with Crippen LogP contribution in [-0.4, -0.2) is 27.1 Å². The fourth-order valence-electron chi connectivity index (χ4n) is 1.16. The van der Waals surface area contributed by atoms with E-state index in [1.807, 2.05) is 13.8 Å². The number of anilines is 1. The Hall–Kier alpha value is -1.62. The highest BCUT2D eigenvalue weighted by molar-refractivity contribution is 5.91. The molecule has 0 atom stereocenters. The van der Waals surface area contributed by atoms with E-state index >= 15 is 0 Å². The highest BCUT2D eigenvalue weighted by Gasteiger charge is 2.34. The molecule has 5 heteroatoms. The van der Waals surface area contributed by atoms with E-state index in [9.17, 15) is 9.90 Å². The minimum atomic E-state index is -0.914. The molecule has 0 aliphatic heterocycles. The zero-order valence-electron chi connectivity index (χ0n) is 10.6. The van der Waals surface area contributed by atoms with Gasteiger partial charge in [-0.1, -0.05) is 0 Å². The number of primary amides is 1. The maximum atomic E-state index is 11.0. The number of aromatic nitrogens is 1. The lowest BCUT2D eigenvalue weighted by Crippen LogP contribution is -2.51. The van der Waals surface area contributed by atoms with Crippen molar-refractivity contribution in [2.75, 3.05) is 5.32 Å². The van der Waals surface area contributed by atoms with E-state index in [-0.39, 0.29) is 5.69 Å². The summed E-state index contributed by atoms with van der Waals surface area (Å²) in [5.41, 5.74) is 4.58. The second kappa shape index (κ2) is 4.33. The van der Waals surface area contributed by atoms with Crippen LogP contribution in [0.1, 0.15) is 38.2 Å². The standard InChI is InChI=1S/C12H19N3O2/c1-11(2,12(3,4)17)15-8-5-6-14-9(7-8)10(13)16/h5-7,17H,1-4H3,(H2,13,16)(H,14,15). The van der Waals surface area contributed by atoms with Crippen LogP contribution in [-0.2, 0) is 0 Å². The molecule has 1 aromatic rings. The van der Waals surface area contributed by atoms with Gasteiger partial charge in [0.2, 0.25) is 0 Å². The Morgan fingerprint density at radius 2 is 2.00 bits per heavy atom. The van der Waals surface area contributed by atoms with Gasteiger partial charge in [0.25, 0.3) is 5.91 Å². The summed E-state index contributed by atoms with van der Waals surface area (Å²) in [5.74, 6) is -0.574. The summed E-state index contributed by atoms with van der Waals surface area (Å²) >= 11 is 0. The molecule has 0 saturated heterocycles. The van der Waals surface area contributed by atoms with Gasteiger partial charge in [0, 0.05) is 11.9 Å². The van der Waals surface area contributed by atoms with Crippen LogP contribution in [0.3, 0.4) is 0 Å². The van der Waals surface area contributed by atoms with Crippen molar-refractivity contribution in [1.29, 1.82) is 0 Å². The Labute approximate surface area is 101 Å². The van der Waals surface area contributed by atoms with Gasteiger partial charge in [-0.25, -0.2) is 0 Å². The Balaban J connectivity index is 2.96. The first-order chi connectivity index (χ1) is 7.63. The van der Waals surface area contributed by atoms with E-state index in [2.05, 4.69) is 10.3 Å². The maximum absolute atomic E-state index is 11.0. The van der Waals surface area contributed by atoms with Crippen molar-refractivity contribution in [1.82, 2.24) is 4.98 Å². The summed E-state index contributed by atoms with van der Waals surface area (Å²) in [7, 11) is 0. The summed E-state index contributed by atoms with van der Waals surface area (Å²) in [5, 5.41) is 13.2. The Kier molecular flexibility index (Phi) is 3.43. The number of nitrogens with one attached hydrogen (secondary N) is 1. The van der Waals surface area contributed by atoms with Crippen LogP contribution in [0.25, 0.3) is 0 Å². The van der Waals surface area contributed by atoms with Gasteiger partial charge in [-0.2, -0.15) is 0 Å². The van der Waals surface area contributed by atoms with E-state index < -0.39 is 17.0 Å². The molecule has 0 unspecified atom stereocenters. The third-order valence-corrected chi connectivity index (χ3v) is 3.00. The number of carbonyl (C=O) groups excluding carboxylic acids is 1. The molecule has 0 aliphatic rings. The molecular weight excluding hydrogens is 218 g/mol. The number of carbonyl (C=O) groups is 1. The summed E-state index contributed by atoms with van der Waals surface area (Å²) in [6.45, 7) is 7.18. The SMILES string of the molecule is CC(C)(O)C(C)(C)Nc1ccnc(C(N)=O)c1. The summed E-state index contributed by atoms with van der Waals surface area (Å²) in [6.07, 6.45) is 1.50. The van der Waals surface area contributed by atoms with Crippen molar-refractivity contribution in [3.8, 4) is 0 Å². The predicted molar refractivity (Wildman–Crippen MR) is 66.8 cm³/mol. The average molecular weight is 237 g/mol. The van der Waals surface area contributed by atoms with E-state index in [1.165, 1.54) is 6.20 Å². The molecule has 4 N–H and O–H groups in total. The number of nitrogens with two attached hydrogens (primary N) is 1. The molecule has 0 radical (unpaired) electrons. The van der Waals surface area contributed by atoms with Crippen molar-refractivity contribution >= 4 is 11.6 Å². The maximum Gasteiger partial charge on any atom is 0.267 e. The number of hydrogen-bond donors (Lipinski definition) is 3. The van der Waals surface area contributed by atoms with Gasteiger partial charge in [0.1, 0.15) is 5.69 Å². The van der Waals surface area contributed by atoms with Crippen molar-refractivity contribution in [2.24, 2.45) is 5.73 Å². The molecule has 5 nitrogen and oxygen atoms in total. The van der Waals surface area contributed by atoms with Crippen molar-refractivity contribution in [2.45, 2.75) is 38.8 Å². The van der Waals surface area contributed by atoms with Crippen LogP contribution < -0.4 is 11.1 Å². The molecule has 17 heavy (non-hydrogen) atoms. The lowest BCUT2D eigenvalue weighted by Gasteiger charge is -2.38. The molecular formula is C12H19N3O2. The van der Waals surface area contributed by atoms with Crippen LogP contribution in [0, 0.1) is 0 Å². The molecule has 0 bridgehead atoms. The lowest BCUT2D eigenvalue weighted by atomic mass is 9.86. The van der Waals surface area contributed by atoms with E-state index in [0.717, 1.165) is 0 Å². The first kappa shape index (κ1) is 13.4. The van der Waals surface area contributed by atoms with Crippen molar-refractivity contribution in [3.63, 3.8) is 0 Å². The molecule has 1 amide bonds. The van der Waals surface area contributed by atoms with Crippen LogP contribution in [0.4, 0.5) is 5.69 Å². The van der Waals surface area contributed by atoms with Gasteiger partial charge >= 0.3 is 0 Å². The first-order valence-electron chi connectivity index (χ1n) is 5.40. The Morgan fingerprint density at radius 3 is 2.47 bits per heavy atom. The summed E-state index contributed by atoms with van der Waals surface area (Å²) < 4.78 is 0. The third-order valence-electron chi connectivity index (χ3n) is 3.00. The van der Waals surface area contributed by atoms with Gasteiger partial charge < -0.3 is 16.2 Å². The fraction of sp³-hybridized carbons (Fsp3) is 0.500. The number of amides is 1. The molecule has 1 aromatic heterocycles. The highest BCUT2D eigenvalue weighted by atomic mass is 16.3. The van der Waals surface area contributed by atoms with E-state index in [0.29, 0.717) is 5.69 Å². The van der Waals surface area contributed by atoms with Crippen LogP contribution in [0.5, 0.6) is 0 Å². The van der Waals surface area contributed by atoms with Crippen molar-refractivity contribution in [3.05, 3.63) is 24.0 Å². The van der Waals surface area contributed by atoms with Gasteiger partial charge in [0.05, 0.1) is 11.1 Å². The second-order valence-corrected chi connectivity index (χ2v) is 5.10. The summed E-state index contributed by atoms with van der Waals surface area (Å²) in [4.78, 5) is 14.9. The molecule has 1 heterocycles. The van der Waals surface area contributed by atoms with Gasteiger partial charge in [0.15, 0.2) is 0 Å². The smallest absolute Gasteiger partial charge is 0.267 e. The van der Waals surface area contributed by atoms with Gasteiger partial charge in [-0.3, -0.25) is 9.78 Å².